The summed E-state index contributed by atoms with van der Waals surface area (Å²) in [7, 11) is 0. The Labute approximate surface area is 107 Å². The van der Waals surface area contributed by atoms with Crippen LogP contribution in [0.5, 0.6) is 0 Å². The summed E-state index contributed by atoms with van der Waals surface area (Å²) < 4.78 is 37.3. The number of nitrogens with zero attached hydrogens (tertiary/aromatic N) is 1. The molecular weight excluding hydrogens is 263 g/mol. The van der Waals surface area contributed by atoms with E-state index in [-0.39, 0.29) is 5.92 Å². The van der Waals surface area contributed by atoms with Crippen LogP contribution < -0.4 is 0 Å². The van der Waals surface area contributed by atoms with Gasteiger partial charge in [0.05, 0.1) is 11.0 Å². The lowest BCUT2D eigenvalue weighted by molar-refractivity contribution is -0.137. The molecule has 0 amide bonds. The third kappa shape index (κ3) is 2.05. The Morgan fingerprint density at radius 1 is 1.28 bits per heavy atom. The molecule has 6 heteroatoms. The van der Waals surface area contributed by atoms with Gasteiger partial charge in [-0.05, 0) is 30.6 Å². The highest BCUT2D eigenvalue weighted by molar-refractivity contribution is 7.11. The molecule has 3 atom stereocenters. The quantitative estimate of drug-likeness (QED) is 0.895. The van der Waals surface area contributed by atoms with Gasteiger partial charge in [-0.2, -0.15) is 13.2 Å². The zero-order chi connectivity index (χ0) is 12.9. The Morgan fingerprint density at radius 3 is 2.39 bits per heavy atom. The van der Waals surface area contributed by atoms with Gasteiger partial charge >= 0.3 is 6.18 Å². The summed E-state index contributed by atoms with van der Waals surface area (Å²) in [6, 6.07) is 0. The molecule has 1 heterocycles. The largest absolute Gasteiger partial charge is 0.443 e. The molecule has 2 fully saturated rings. The summed E-state index contributed by atoms with van der Waals surface area (Å²) in [5.41, 5.74) is 0. The third-order valence-corrected chi connectivity index (χ3v) is 5.26. The molecule has 0 aliphatic heterocycles. The van der Waals surface area contributed by atoms with Crippen LogP contribution in [0.15, 0.2) is 6.20 Å². The zero-order valence-corrected chi connectivity index (χ0v) is 10.5. The fraction of sp³-hybridized carbons (Fsp3) is 0.750. The van der Waals surface area contributed by atoms with Gasteiger partial charge in [0.25, 0.3) is 0 Å². The number of hydrogen-bond donors (Lipinski definition) is 1. The number of hydrogen-bond acceptors (Lipinski definition) is 3. The van der Waals surface area contributed by atoms with Crippen molar-refractivity contribution in [3.63, 3.8) is 0 Å². The highest BCUT2D eigenvalue weighted by atomic mass is 32.1. The molecule has 2 aliphatic carbocycles. The lowest BCUT2D eigenvalue weighted by Crippen LogP contribution is -2.03. The molecule has 1 aromatic rings. The number of fused-ring (bicyclic) bond motifs is 1. The molecule has 2 nitrogen and oxygen atoms in total. The van der Waals surface area contributed by atoms with Crippen molar-refractivity contribution in [1.29, 1.82) is 0 Å². The van der Waals surface area contributed by atoms with Gasteiger partial charge in [-0.25, -0.2) is 4.98 Å². The van der Waals surface area contributed by atoms with E-state index >= 15 is 0 Å². The van der Waals surface area contributed by atoms with E-state index in [1.54, 1.807) is 0 Å². The lowest BCUT2D eigenvalue weighted by Gasteiger charge is -2.06. The van der Waals surface area contributed by atoms with Crippen molar-refractivity contribution in [1.82, 2.24) is 4.98 Å². The molecular formula is C12H14F3NOS. The molecule has 18 heavy (non-hydrogen) atoms. The third-order valence-electron chi connectivity index (χ3n) is 4.14. The van der Waals surface area contributed by atoms with E-state index in [0.717, 1.165) is 12.8 Å². The van der Waals surface area contributed by atoms with Crippen molar-refractivity contribution in [2.45, 2.75) is 38.0 Å². The van der Waals surface area contributed by atoms with Crippen molar-refractivity contribution in [2.24, 2.45) is 17.8 Å². The van der Waals surface area contributed by atoms with Crippen LogP contribution in [0.3, 0.4) is 0 Å². The fourth-order valence-electron chi connectivity index (χ4n) is 3.26. The maximum atomic E-state index is 12.4. The average molecular weight is 277 g/mol. The number of rotatable bonds is 2. The number of alkyl halides is 3. The SMILES string of the molecule is OC(c1cnc(C(F)(F)F)s1)C1C2CCCCC21. The van der Waals surface area contributed by atoms with E-state index in [4.69, 9.17) is 0 Å². The Hall–Kier alpha value is -0.620. The van der Waals surface area contributed by atoms with Crippen LogP contribution in [0.25, 0.3) is 0 Å². The van der Waals surface area contributed by atoms with E-state index in [2.05, 4.69) is 4.98 Å². The minimum absolute atomic E-state index is 0.161. The summed E-state index contributed by atoms with van der Waals surface area (Å²) in [6.45, 7) is 0. The highest BCUT2D eigenvalue weighted by Crippen LogP contribution is 2.60. The van der Waals surface area contributed by atoms with Crippen LogP contribution in [-0.4, -0.2) is 10.1 Å². The van der Waals surface area contributed by atoms with Gasteiger partial charge in [-0.3, -0.25) is 0 Å². The number of aromatic nitrogens is 1. The smallest absolute Gasteiger partial charge is 0.387 e. The first-order valence-electron chi connectivity index (χ1n) is 6.19. The number of aliphatic hydroxyl groups is 1. The van der Waals surface area contributed by atoms with Crippen LogP contribution >= 0.6 is 11.3 Å². The first-order chi connectivity index (χ1) is 8.48. The zero-order valence-electron chi connectivity index (χ0n) is 9.65. The Balaban J connectivity index is 1.73. The Kier molecular flexibility index (Phi) is 2.90. The number of halogens is 3. The van der Waals surface area contributed by atoms with E-state index in [1.165, 1.54) is 19.0 Å². The Bertz CT molecular complexity index is 433. The molecule has 0 aromatic carbocycles. The predicted molar refractivity (Wildman–Crippen MR) is 61.0 cm³/mol. The molecule has 1 aromatic heterocycles. The molecule has 3 unspecified atom stereocenters. The molecule has 0 bridgehead atoms. The van der Waals surface area contributed by atoms with Crippen LogP contribution in [0, 0.1) is 17.8 Å². The molecule has 1 N–H and O–H groups in total. The predicted octanol–water partition coefficient (Wildman–Crippen LogP) is 3.63. The maximum Gasteiger partial charge on any atom is 0.443 e. The van der Waals surface area contributed by atoms with Crippen molar-refractivity contribution in [3.05, 3.63) is 16.1 Å². The van der Waals surface area contributed by atoms with Gasteiger partial charge in [-0.15, -0.1) is 11.3 Å². The van der Waals surface area contributed by atoms with Gasteiger partial charge in [0, 0.05) is 6.20 Å². The molecule has 2 aliphatic rings. The monoisotopic (exact) mass is 277 g/mol. The van der Waals surface area contributed by atoms with Crippen molar-refractivity contribution >= 4 is 11.3 Å². The average Bonchev–Trinajstić information content (AvgIpc) is 2.81. The van der Waals surface area contributed by atoms with Crippen LogP contribution in [0.4, 0.5) is 13.2 Å². The van der Waals surface area contributed by atoms with Crippen LogP contribution in [0.1, 0.15) is 41.7 Å². The second kappa shape index (κ2) is 4.20. The van der Waals surface area contributed by atoms with Gasteiger partial charge in [0.2, 0.25) is 0 Å². The topological polar surface area (TPSA) is 33.1 Å². The fourth-order valence-corrected chi connectivity index (χ4v) is 4.09. The van der Waals surface area contributed by atoms with Crippen LogP contribution in [-0.2, 0) is 6.18 Å². The highest BCUT2D eigenvalue weighted by Gasteiger charge is 2.54. The summed E-state index contributed by atoms with van der Waals surface area (Å²) in [6.07, 6.45) is 0.601. The van der Waals surface area contributed by atoms with Crippen LogP contribution in [0.2, 0.25) is 0 Å². The molecule has 100 valence electrons. The standard InChI is InChI=1S/C12H14F3NOS/c13-12(14,15)11-16-5-8(18-11)10(17)9-6-3-1-2-4-7(6)9/h5-7,9-10,17H,1-4H2. The van der Waals surface area contributed by atoms with E-state index < -0.39 is 17.3 Å². The van der Waals surface area contributed by atoms with Crippen molar-refractivity contribution in [2.75, 3.05) is 0 Å². The van der Waals surface area contributed by atoms with E-state index in [1.807, 2.05) is 0 Å². The number of thiazole rings is 1. The lowest BCUT2D eigenvalue weighted by atomic mass is 10.0. The summed E-state index contributed by atoms with van der Waals surface area (Å²) in [5, 5.41) is 9.31. The second-order valence-corrected chi connectivity index (χ2v) is 6.26. The van der Waals surface area contributed by atoms with E-state index in [9.17, 15) is 18.3 Å². The Morgan fingerprint density at radius 2 is 1.89 bits per heavy atom. The molecule has 0 saturated heterocycles. The summed E-state index contributed by atoms with van der Waals surface area (Å²) in [5.74, 6) is 1.20. The van der Waals surface area contributed by atoms with Gasteiger partial charge < -0.3 is 5.11 Å². The first-order valence-corrected chi connectivity index (χ1v) is 7.01. The van der Waals surface area contributed by atoms with Gasteiger partial charge in [0.15, 0.2) is 5.01 Å². The normalized spacial score (nSPS) is 33.0. The minimum atomic E-state index is -4.40. The van der Waals surface area contributed by atoms with E-state index in [0.29, 0.717) is 28.0 Å². The molecule has 0 spiro atoms. The summed E-state index contributed by atoms with van der Waals surface area (Å²) in [4.78, 5) is 3.73. The van der Waals surface area contributed by atoms with Gasteiger partial charge in [0.1, 0.15) is 0 Å². The number of aliphatic hydroxyl groups excluding tert-OH is 1. The van der Waals surface area contributed by atoms with Gasteiger partial charge in [-0.1, -0.05) is 12.8 Å². The minimum Gasteiger partial charge on any atom is -0.387 e. The maximum absolute atomic E-state index is 12.4. The molecule has 2 saturated carbocycles. The second-order valence-electron chi connectivity index (χ2n) is 5.20. The first kappa shape index (κ1) is 12.4. The van der Waals surface area contributed by atoms with Crippen molar-refractivity contribution < 1.29 is 18.3 Å². The summed E-state index contributed by atoms with van der Waals surface area (Å²) >= 11 is 0.576. The van der Waals surface area contributed by atoms with Crippen molar-refractivity contribution in [3.8, 4) is 0 Å². The molecule has 0 radical (unpaired) electrons. The molecule has 3 rings (SSSR count).